The molecule has 2 aromatic rings. The lowest BCUT2D eigenvalue weighted by molar-refractivity contribution is -0.129. The van der Waals surface area contributed by atoms with Crippen molar-refractivity contribution in [3.05, 3.63) is 71.0 Å². The first-order chi connectivity index (χ1) is 11.4. The van der Waals surface area contributed by atoms with E-state index in [0.717, 1.165) is 5.56 Å². The minimum Gasteiger partial charge on any atom is -0.378 e. The molecule has 5 nitrogen and oxygen atoms in total. The average molecular weight is 330 g/mol. The van der Waals surface area contributed by atoms with Crippen molar-refractivity contribution in [2.75, 3.05) is 14.1 Å². The normalized spacial score (nSPS) is 11.7. The SMILES string of the molecule is CN(C)C(=O)c1cccc(CNC(=O)C(O)c2ccc(F)cc2)c1. The summed E-state index contributed by atoms with van der Waals surface area (Å²) in [5.41, 5.74) is 1.57. The maximum atomic E-state index is 12.9. The third-order valence-corrected chi connectivity index (χ3v) is 3.48. The molecule has 0 radical (unpaired) electrons. The number of benzene rings is 2. The van der Waals surface area contributed by atoms with E-state index in [-0.39, 0.29) is 12.5 Å². The molecule has 6 heteroatoms. The van der Waals surface area contributed by atoms with Gasteiger partial charge in [-0.15, -0.1) is 0 Å². The number of aliphatic hydroxyl groups excluding tert-OH is 1. The lowest BCUT2D eigenvalue weighted by atomic mass is 10.1. The van der Waals surface area contributed by atoms with Crippen LogP contribution in [0, 0.1) is 5.82 Å². The Morgan fingerprint density at radius 3 is 2.46 bits per heavy atom. The van der Waals surface area contributed by atoms with E-state index in [1.165, 1.54) is 29.2 Å². The quantitative estimate of drug-likeness (QED) is 0.879. The van der Waals surface area contributed by atoms with Crippen molar-refractivity contribution < 1.29 is 19.1 Å². The van der Waals surface area contributed by atoms with Gasteiger partial charge in [-0.05, 0) is 35.4 Å². The topological polar surface area (TPSA) is 69.6 Å². The van der Waals surface area contributed by atoms with Crippen molar-refractivity contribution in [3.63, 3.8) is 0 Å². The Morgan fingerprint density at radius 1 is 1.17 bits per heavy atom. The van der Waals surface area contributed by atoms with Crippen LogP contribution in [-0.4, -0.2) is 35.9 Å². The van der Waals surface area contributed by atoms with E-state index < -0.39 is 17.8 Å². The van der Waals surface area contributed by atoms with Crippen LogP contribution < -0.4 is 5.32 Å². The molecule has 0 aromatic heterocycles. The molecule has 0 aliphatic carbocycles. The van der Waals surface area contributed by atoms with Crippen molar-refractivity contribution in [3.8, 4) is 0 Å². The fourth-order valence-corrected chi connectivity index (χ4v) is 2.15. The summed E-state index contributed by atoms with van der Waals surface area (Å²) in [7, 11) is 3.33. The van der Waals surface area contributed by atoms with Crippen LogP contribution in [0.1, 0.15) is 27.6 Å². The Kier molecular flexibility index (Phi) is 5.65. The van der Waals surface area contributed by atoms with Crippen molar-refractivity contribution in [2.45, 2.75) is 12.6 Å². The van der Waals surface area contributed by atoms with Crippen LogP contribution in [0.25, 0.3) is 0 Å². The summed E-state index contributed by atoms with van der Waals surface area (Å²) >= 11 is 0. The molecule has 0 saturated carbocycles. The fraction of sp³-hybridized carbons (Fsp3) is 0.222. The predicted octanol–water partition coefficient (Wildman–Crippen LogP) is 1.88. The first kappa shape index (κ1) is 17.6. The summed E-state index contributed by atoms with van der Waals surface area (Å²) in [5, 5.41) is 12.6. The largest absolute Gasteiger partial charge is 0.378 e. The van der Waals surface area contributed by atoms with Gasteiger partial charge in [0.15, 0.2) is 6.10 Å². The van der Waals surface area contributed by atoms with Gasteiger partial charge < -0.3 is 15.3 Å². The number of nitrogens with one attached hydrogen (secondary N) is 1. The highest BCUT2D eigenvalue weighted by atomic mass is 19.1. The van der Waals surface area contributed by atoms with Crippen molar-refractivity contribution >= 4 is 11.8 Å². The Morgan fingerprint density at radius 2 is 1.83 bits per heavy atom. The maximum Gasteiger partial charge on any atom is 0.253 e. The second-order valence-corrected chi connectivity index (χ2v) is 5.57. The van der Waals surface area contributed by atoms with Crippen LogP contribution in [0.2, 0.25) is 0 Å². The van der Waals surface area contributed by atoms with Gasteiger partial charge in [0, 0.05) is 26.2 Å². The Balaban J connectivity index is 2.00. The smallest absolute Gasteiger partial charge is 0.253 e. The van der Waals surface area contributed by atoms with Crippen LogP contribution in [0.15, 0.2) is 48.5 Å². The van der Waals surface area contributed by atoms with Crippen LogP contribution in [-0.2, 0) is 11.3 Å². The Labute approximate surface area is 139 Å². The van der Waals surface area contributed by atoms with Gasteiger partial charge in [0.2, 0.25) is 0 Å². The van der Waals surface area contributed by atoms with Crippen molar-refractivity contribution in [2.24, 2.45) is 0 Å². The van der Waals surface area contributed by atoms with Crippen molar-refractivity contribution in [1.29, 1.82) is 0 Å². The summed E-state index contributed by atoms with van der Waals surface area (Å²) in [6.45, 7) is 0.172. The third-order valence-electron chi connectivity index (χ3n) is 3.48. The molecule has 0 heterocycles. The fourth-order valence-electron chi connectivity index (χ4n) is 2.15. The molecular formula is C18H19FN2O3. The zero-order valence-corrected chi connectivity index (χ0v) is 13.5. The number of halogens is 1. The first-order valence-electron chi connectivity index (χ1n) is 7.40. The summed E-state index contributed by atoms with van der Waals surface area (Å²) < 4.78 is 12.9. The van der Waals surface area contributed by atoms with Gasteiger partial charge in [-0.1, -0.05) is 24.3 Å². The zero-order chi connectivity index (χ0) is 17.7. The van der Waals surface area contributed by atoms with Gasteiger partial charge in [-0.3, -0.25) is 9.59 Å². The van der Waals surface area contributed by atoms with Crippen molar-refractivity contribution in [1.82, 2.24) is 10.2 Å². The Hall–Kier alpha value is -2.73. The van der Waals surface area contributed by atoms with Crippen LogP contribution in [0.3, 0.4) is 0 Å². The molecule has 0 aliphatic heterocycles. The molecule has 0 saturated heterocycles. The molecule has 2 amide bonds. The lowest BCUT2D eigenvalue weighted by Gasteiger charge is -2.13. The van der Waals surface area contributed by atoms with Gasteiger partial charge in [-0.25, -0.2) is 4.39 Å². The Bertz CT molecular complexity index is 729. The number of carbonyl (C=O) groups excluding carboxylic acids is 2. The molecule has 1 unspecified atom stereocenters. The second kappa shape index (κ2) is 7.70. The van der Waals surface area contributed by atoms with Crippen LogP contribution in [0.5, 0.6) is 0 Å². The number of amides is 2. The number of aliphatic hydroxyl groups is 1. The number of rotatable bonds is 5. The van der Waals surface area contributed by atoms with E-state index in [2.05, 4.69) is 5.32 Å². The molecule has 2 aromatic carbocycles. The highest BCUT2D eigenvalue weighted by Gasteiger charge is 2.17. The highest BCUT2D eigenvalue weighted by Crippen LogP contribution is 2.14. The number of nitrogens with zero attached hydrogens (tertiary/aromatic N) is 1. The minimum absolute atomic E-state index is 0.130. The number of hydrogen-bond donors (Lipinski definition) is 2. The monoisotopic (exact) mass is 330 g/mol. The third kappa shape index (κ3) is 4.39. The van der Waals surface area contributed by atoms with Gasteiger partial charge in [0.05, 0.1) is 0 Å². The lowest BCUT2D eigenvalue weighted by Crippen LogP contribution is -2.29. The summed E-state index contributed by atoms with van der Waals surface area (Å²) in [5.74, 6) is -1.16. The standard InChI is InChI=1S/C18H19FN2O3/c1-21(2)18(24)14-5-3-4-12(10-14)11-20-17(23)16(22)13-6-8-15(19)9-7-13/h3-10,16,22H,11H2,1-2H3,(H,20,23). The van der Waals surface area contributed by atoms with Gasteiger partial charge in [-0.2, -0.15) is 0 Å². The highest BCUT2D eigenvalue weighted by molar-refractivity contribution is 5.94. The molecule has 0 bridgehead atoms. The number of carbonyl (C=O) groups is 2. The number of hydrogen-bond acceptors (Lipinski definition) is 3. The van der Waals surface area contributed by atoms with E-state index in [0.29, 0.717) is 11.1 Å². The second-order valence-electron chi connectivity index (χ2n) is 5.57. The molecular weight excluding hydrogens is 311 g/mol. The summed E-state index contributed by atoms with van der Waals surface area (Å²) in [4.78, 5) is 25.4. The summed E-state index contributed by atoms with van der Waals surface area (Å²) in [6.07, 6.45) is -1.38. The molecule has 24 heavy (non-hydrogen) atoms. The van der Waals surface area contributed by atoms with Gasteiger partial charge in [0.1, 0.15) is 5.82 Å². The van der Waals surface area contributed by atoms with E-state index in [9.17, 15) is 19.1 Å². The zero-order valence-electron chi connectivity index (χ0n) is 13.5. The molecule has 126 valence electrons. The van der Waals surface area contributed by atoms with Crippen LogP contribution >= 0.6 is 0 Å². The van der Waals surface area contributed by atoms with E-state index in [4.69, 9.17) is 0 Å². The average Bonchev–Trinajstić information content (AvgIpc) is 2.59. The molecule has 1 atom stereocenters. The van der Waals surface area contributed by atoms with E-state index in [1.807, 2.05) is 0 Å². The minimum atomic E-state index is -1.38. The molecule has 0 aliphatic rings. The van der Waals surface area contributed by atoms with E-state index >= 15 is 0 Å². The van der Waals surface area contributed by atoms with E-state index in [1.54, 1.807) is 38.4 Å². The molecule has 2 rings (SSSR count). The van der Waals surface area contributed by atoms with Gasteiger partial charge >= 0.3 is 0 Å². The first-order valence-corrected chi connectivity index (χ1v) is 7.40. The molecule has 2 N–H and O–H groups in total. The van der Waals surface area contributed by atoms with Gasteiger partial charge in [0.25, 0.3) is 11.8 Å². The summed E-state index contributed by atoms with van der Waals surface area (Å²) in [6, 6.07) is 12.0. The maximum absolute atomic E-state index is 12.9. The van der Waals surface area contributed by atoms with Crippen LogP contribution in [0.4, 0.5) is 4.39 Å². The molecule has 0 fully saturated rings. The predicted molar refractivity (Wildman–Crippen MR) is 87.7 cm³/mol. The molecule has 0 spiro atoms.